The topological polar surface area (TPSA) is 74.7 Å². The van der Waals surface area contributed by atoms with Gasteiger partial charge in [-0.05, 0) is 30.3 Å². The van der Waals surface area contributed by atoms with E-state index in [0.717, 1.165) is 0 Å². The van der Waals surface area contributed by atoms with Gasteiger partial charge < -0.3 is 14.2 Å². The van der Waals surface area contributed by atoms with Crippen molar-refractivity contribution in [2.24, 2.45) is 0 Å². The first-order chi connectivity index (χ1) is 10.7. The lowest BCUT2D eigenvalue weighted by molar-refractivity contribution is 0.0474. The van der Waals surface area contributed by atoms with E-state index in [2.05, 4.69) is 4.98 Å². The molecule has 114 valence electrons. The number of carbonyl (C=O) groups is 2. The van der Waals surface area contributed by atoms with Gasteiger partial charge in [-0.25, -0.2) is 4.79 Å². The highest BCUT2D eigenvalue weighted by atomic mass is 16.5. The maximum absolute atomic E-state index is 12.1. The fourth-order valence-corrected chi connectivity index (χ4v) is 1.79. The van der Waals surface area contributed by atoms with Gasteiger partial charge in [0, 0.05) is 18.0 Å². The number of methoxy groups -OCH3 is 2. The first-order valence-corrected chi connectivity index (χ1v) is 6.48. The second-order valence-electron chi connectivity index (χ2n) is 4.31. The second-order valence-corrected chi connectivity index (χ2v) is 4.31. The minimum Gasteiger partial charge on any atom is -0.493 e. The summed E-state index contributed by atoms with van der Waals surface area (Å²) >= 11 is 0. The number of pyridine rings is 1. The normalized spacial score (nSPS) is 9.91. The maximum Gasteiger partial charge on any atom is 0.340 e. The minimum absolute atomic E-state index is 0.294. The molecule has 0 N–H and O–H groups in total. The van der Waals surface area contributed by atoms with Crippen molar-refractivity contribution in [2.75, 3.05) is 20.8 Å². The van der Waals surface area contributed by atoms with E-state index >= 15 is 0 Å². The molecule has 2 rings (SSSR count). The molecule has 1 heterocycles. The van der Waals surface area contributed by atoms with Crippen LogP contribution in [-0.4, -0.2) is 37.6 Å². The molecule has 0 aliphatic rings. The second kappa shape index (κ2) is 7.21. The summed E-state index contributed by atoms with van der Waals surface area (Å²) in [5.41, 5.74) is 0.666. The molecule has 0 amide bonds. The van der Waals surface area contributed by atoms with Crippen LogP contribution >= 0.6 is 0 Å². The highest BCUT2D eigenvalue weighted by Gasteiger charge is 2.14. The molecule has 2 aromatic rings. The van der Waals surface area contributed by atoms with E-state index in [4.69, 9.17) is 14.2 Å². The van der Waals surface area contributed by atoms with Crippen molar-refractivity contribution >= 4 is 11.8 Å². The van der Waals surface area contributed by atoms with Crippen LogP contribution in [0.5, 0.6) is 11.5 Å². The van der Waals surface area contributed by atoms with Crippen molar-refractivity contribution in [1.82, 2.24) is 4.98 Å². The average Bonchev–Trinajstić information content (AvgIpc) is 2.59. The lowest BCUT2D eigenvalue weighted by Gasteiger charge is -2.09. The number of rotatable bonds is 6. The standard InChI is InChI=1S/C16H15NO5/c1-20-14-6-5-11(8-15(14)21-2)13(18)10-22-16(19)12-4-3-7-17-9-12/h3-9H,10H2,1-2H3. The zero-order valence-electron chi connectivity index (χ0n) is 12.2. The van der Waals surface area contributed by atoms with Crippen LogP contribution in [0.4, 0.5) is 0 Å². The lowest BCUT2D eigenvalue weighted by Crippen LogP contribution is -2.14. The molecule has 0 aliphatic heterocycles. The smallest absolute Gasteiger partial charge is 0.340 e. The van der Waals surface area contributed by atoms with Crippen LogP contribution in [-0.2, 0) is 4.74 Å². The molecule has 0 unspecified atom stereocenters. The van der Waals surface area contributed by atoms with Gasteiger partial charge in [0.1, 0.15) is 0 Å². The van der Waals surface area contributed by atoms with Gasteiger partial charge in [0.2, 0.25) is 0 Å². The molecule has 0 atom stereocenters. The molecule has 6 nitrogen and oxygen atoms in total. The van der Waals surface area contributed by atoms with Crippen LogP contribution in [0.3, 0.4) is 0 Å². The van der Waals surface area contributed by atoms with E-state index in [1.54, 1.807) is 36.5 Å². The highest BCUT2D eigenvalue weighted by molar-refractivity contribution is 5.99. The molecule has 0 bridgehead atoms. The Balaban J connectivity index is 2.02. The Kier molecular flexibility index (Phi) is 5.08. The Labute approximate surface area is 127 Å². The van der Waals surface area contributed by atoms with E-state index in [0.29, 0.717) is 22.6 Å². The summed E-state index contributed by atoms with van der Waals surface area (Å²) in [5.74, 6) is 0.0264. The number of Topliss-reactive ketones (excluding diaryl/α,β-unsaturated/α-hetero) is 1. The van der Waals surface area contributed by atoms with Gasteiger partial charge in [-0.15, -0.1) is 0 Å². The first-order valence-electron chi connectivity index (χ1n) is 6.48. The van der Waals surface area contributed by atoms with Crippen molar-refractivity contribution in [3.8, 4) is 11.5 Å². The van der Waals surface area contributed by atoms with Crippen LogP contribution in [0.25, 0.3) is 0 Å². The van der Waals surface area contributed by atoms with E-state index in [9.17, 15) is 9.59 Å². The van der Waals surface area contributed by atoms with Crippen molar-refractivity contribution in [3.05, 3.63) is 53.9 Å². The summed E-state index contributed by atoms with van der Waals surface area (Å²) in [4.78, 5) is 27.6. The number of carbonyl (C=O) groups excluding carboxylic acids is 2. The molecule has 0 spiro atoms. The molecule has 1 aromatic carbocycles. The number of aromatic nitrogens is 1. The predicted octanol–water partition coefficient (Wildman–Crippen LogP) is 2.14. The zero-order chi connectivity index (χ0) is 15.9. The lowest BCUT2D eigenvalue weighted by atomic mass is 10.1. The summed E-state index contributed by atoms with van der Waals surface area (Å²) in [5, 5.41) is 0. The third kappa shape index (κ3) is 3.60. The van der Waals surface area contributed by atoms with Crippen molar-refractivity contribution in [3.63, 3.8) is 0 Å². The SMILES string of the molecule is COc1ccc(C(=O)COC(=O)c2cccnc2)cc1OC. The van der Waals surface area contributed by atoms with Crippen molar-refractivity contribution in [2.45, 2.75) is 0 Å². The number of nitrogens with zero attached hydrogens (tertiary/aromatic N) is 1. The van der Waals surface area contributed by atoms with E-state index in [1.807, 2.05) is 0 Å². The van der Waals surface area contributed by atoms with Gasteiger partial charge in [0.05, 0.1) is 19.8 Å². The van der Waals surface area contributed by atoms with Crippen molar-refractivity contribution < 1.29 is 23.8 Å². The quantitative estimate of drug-likeness (QED) is 0.601. The Morgan fingerprint density at radius 1 is 1.05 bits per heavy atom. The van der Waals surface area contributed by atoms with Crippen molar-refractivity contribution in [1.29, 1.82) is 0 Å². The molecular formula is C16H15NO5. The molecule has 1 aromatic heterocycles. The Morgan fingerprint density at radius 3 is 2.45 bits per heavy atom. The van der Waals surface area contributed by atoms with Crippen LogP contribution in [0.2, 0.25) is 0 Å². The number of benzene rings is 1. The van der Waals surface area contributed by atoms with E-state index < -0.39 is 5.97 Å². The van der Waals surface area contributed by atoms with Gasteiger partial charge in [-0.3, -0.25) is 9.78 Å². The van der Waals surface area contributed by atoms with Gasteiger partial charge in [-0.2, -0.15) is 0 Å². The Morgan fingerprint density at radius 2 is 1.82 bits per heavy atom. The summed E-state index contributed by atoms with van der Waals surface area (Å²) in [6.07, 6.45) is 2.93. The fourth-order valence-electron chi connectivity index (χ4n) is 1.79. The first kappa shape index (κ1) is 15.5. The van der Waals surface area contributed by atoms with Gasteiger partial charge in [-0.1, -0.05) is 0 Å². The zero-order valence-corrected chi connectivity index (χ0v) is 12.2. The number of ether oxygens (including phenoxy) is 3. The summed E-state index contributed by atoms with van der Waals surface area (Å²) in [7, 11) is 2.99. The van der Waals surface area contributed by atoms with E-state index in [1.165, 1.54) is 20.4 Å². The number of ketones is 1. The summed E-state index contributed by atoms with van der Waals surface area (Å²) in [6.45, 7) is -0.358. The van der Waals surface area contributed by atoms with Gasteiger partial charge in [0.25, 0.3) is 0 Å². The van der Waals surface area contributed by atoms with E-state index in [-0.39, 0.29) is 12.4 Å². The molecule has 0 radical (unpaired) electrons. The Hall–Kier alpha value is -2.89. The molecule has 6 heteroatoms. The molecule has 0 aliphatic carbocycles. The Bertz CT molecular complexity index is 669. The third-order valence-corrected chi connectivity index (χ3v) is 2.94. The van der Waals surface area contributed by atoms with Gasteiger partial charge >= 0.3 is 5.97 Å². The number of hydrogen-bond acceptors (Lipinski definition) is 6. The highest BCUT2D eigenvalue weighted by Crippen LogP contribution is 2.27. The predicted molar refractivity (Wildman–Crippen MR) is 78.4 cm³/mol. The summed E-state index contributed by atoms with van der Waals surface area (Å²) in [6, 6.07) is 7.93. The number of hydrogen-bond donors (Lipinski definition) is 0. The largest absolute Gasteiger partial charge is 0.493 e. The van der Waals surface area contributed by atoms with Crippen LogP contribution in [0.1, 0.15) is 20.7 Å². The minimum atomic E-state index is -0.595. The molecule has 22 heavy (non-hydrogen) atoms. The molecular weight excluding hydrogens is 286 g/mol. The van der Waals surface area contributed by atoms with Crippen LogP contribution in [0, 0.1) is 0 Å². The molecule has 0 saturated carbocycles. The molecule has 0 saturated heterocycles. The van der Waals surface area contributed by atoms with Gasteiger partial charge in [0.15, 0.2) is 23.9 Å². The maximum atomic E-state index is 12.1. The fraction of sp³-hybridized carbons (Fsp3) is 0.188. The number of esters is 1. The third-order valence-electron chi connectivity index (χ3n) is 2.94. The average molecular weight is 301 g/mol. The monoisotopic (exact) mass is 301 g/mol. The van der Waals surface area contributed by atoms with Crippen LogP contribution < -0.4 is 9.47 Å². The van der Waals surface area contributed by atoms with Crippen LogP contribution in [0.15, 0.2) is 42.7 Å². The summed E-state index contributed by atoms with van der Waals surface area (Å²) < 4.78 is 15.2. The molecule has 0 fully saturated rings.